The average Bonchev–Trinajstić information content (AvgIpc) is 2.48. The van der Waals surface area contributed by atoms with Gasteiger partial charge in [0.2, 0.25) is 0 Å². The largest absolute Gasteiger partial charge is 0.321 e. The topological polar surface area (TPSA) is 65.8 Å². The first-order valence-corrected chi connectivity index (χ1v) is 5.66. The second-order valence-electron chi connectivity index (χ2n) is 3.94. The van der Waals surface area contributed by atoms with Crippen LogP contribution in [0.25, 0.3) is 0 Å². The molecule has 0 bridgehead atoms. The van der Waals surface area contributed by atoms with Gasteiger partial charge in [-0.25, -0.2) is 13.8 Å². The standard InChI is InChI=1S/C14H9F2N3O/c15-6-10-5-9(7-17)8-18-13(10)14(20)19-12-3-1-11(16)2-4-12/h1-5,8H,6H2,(H,19,20). The van der Waals surface area contributed by atoms with Crippen LogP contribution in [-0.2, 0) is 6.67 Å². The van der Waals surface area contributed by atoms with E-state index in [4.69, 9.17) is 5.26 Å². The highest BCUT2D eigenvalue weighted by Crippen LogP contribution is 2.14. The fourth-order valence-electron chi connectivity index (χ4n) is 1.60. The molecule has 0 saturated heterocycles. The van der Waals surface area contributed by atoms with Gasteiger partial charge in [0.25, 0.3) is 5.91 Å². The minimum absolute atomic E-state index is 0.0312. The molecule has 1 aromatic carbocycles. The third kappa shape index (κ3) is 2.95. The van der Waals surface area contributed by atoms with Gasteiger partial charge in [-0.3, -0.25) is 4.79 Å². The molecule has 0 aliphatic rings. The Hall–Kier alpha value is -2.81. The van der Waals surface area contributed by atoms with Crippen molar-refractivity contribution >= 4 is 11.6 Å². The Morgan fingerprint density at radius 3 is 2.65 bits per heavy atom. The molecular formula is C14H9F2N3O. The molecule has 0 fully saturated rings. The van der Waals surface area contributed by atoms with Crippen LogP contribution in [0.4, 0.5) is 14.5 Å². The maximum absolute atomic E-state index is 12.9. The fourth-order valence-corrected chi connectivity index (χ4v) is 1.60. The first-order valence-electron chi connectivity index (χ1n) is 5.66. The predicted molar refractivity (Wildman–Crippen MR) is 68.1 cm³/mol. The van der Waals surface area contributed by atoms with Crippen LogP contribution in [-0.4, -0.2) is 10.9 Å². The van der Waals surface area contributed by atoms with Gasteiger partial charge in [0, 0.05) is 17.4 Å². The molecule has 100 valence electrons. The molecule has 2 aromatic rings. The van der Waals surface area contributed by atoms with Crippen molar-refractivity contribution in [1.29, 1.82) is 5.26 Å². The normalized spacial score (nSPS) is 9.85. The highest BCUT2D eigenvalue weighted by molar-refractivity contribution is 6.03. The number of aromatic nitrogens is 1. The minimum atomic E-state index is -0.908. The van der Waals surface area contributed by atoms with E-state index in [1.165, 1.54) is 36.5 Å². The number of amides is 1. The zero-order chi connectivity index (χ0) is 14.5. The van der Waals surface area contributed by atoms with Gasteiger partial charge in [0.05, 0.1) is 5.56 Å². The molecule has 1 N–H and O–H groups in total. The third-order valence-electron chi connectivity index (χ3n) is 2.56. The SMILES string of the molecule is N#Cc1cnc(C(=O)Nc2ccc(F)cc2)c(CF)c1. The van der Waals surface area contributed by atoms with Crippen molar-refractivity contribution < 1.29 is 13.6 Å². The number of hydrogen-bond donors (Lipinski definition) is 1. The molecule has 0 saturated carbocycles. The lowest BCUT2D eigenvalue weighted by Gasteiger charge is -2.07. The Morgan fingerprint density at radius 1 is 1.35 bits per heavy atom. The van der Waals surface area contributed by atoms with Crippen LogP contribution < -0.4 is 5.32 Å². The van der Waals surface area contributed by atoms with E-state index >= 15 is 0 Å². The van der Waals surface area contributed by atoms with Gasteiger partial charge < -0.3 is 5.32 Å². The van der Waals surface area contributed by atoms with Crippen LogP contribution in [0.3, 0.4) is 0 Å². The van der Waals surface area contributed by atoms with Gasteiger partial charge in [0.1, 0.15) is 24.3 Å². The van der Waals surface area contributed by atoms with Crippen LogP contribution in [0, 0.1) is 17.1 Å². The molecule has 2 rings (SSSR count). The second-order valence-corrected chi connectivity index (χ2v) is 3.94. The van der Waals surface area contributed by atoms with Crippen LogP contribution in [0.5, 0.6) is 0 Å². The Kier molecular flexibility index (Phi) is 4.01. The summed E-state index contributed by atoms with van der Waals surface area (Å²) in [6.07, 6.45) is 1.19. The highest BCUT2D eigenvalue weighted by atomic mass is 19.1. The number of halogens is 2. The molecule has 1 heterocycles. The third-order valence-corrected chi connectivity index (χ3v) is 2.56. The Bertz CT molecular complexity index is 678. The Morgan fingerprint density at radius 2 is 2.05 bits per heavy atom. The molecule has 0 atom stereocenters. The van der Waals surface area contributed by atoms with E-state index < -0.39 is 18.4 Å². The number of nitrogens with one attached hydrogen (secondary N) is 1. The van der Waals surface area contributed by atoms with Gasteiger partial charge in [0.15, 0.2) is 0 Å². The van der Waals surface area contributed by atoms with Crippen molar-refractivity contribution in [2.24, 2.45) is 0 Å². The van der Waals surface area contributed by atoms with Gasteiger partial charge in [-0.05, 0) is 30.3 Å². The first-order chi connectivity index (χ1) is 9.63. The molecule has 4 nitrogen and oxygen atoms in total. The monoisotopic (exact) mass is 273 g/mol. The second kappa shape index (κ2) is 5.89. The number of nitrogens with zero attached hydrogens (tertiary/aromatic N) is 2. The summed E-state index contributed by atoms with van der Waals surface area (Å²) in [6.45, 7) is -0.908. The lowest BCUT2D eigenvalue weighted by atomic mass is 10.1. The smallest absolute Gasteiger partial charge is 0.274 e. The number of anilines is 1. The number of alkyl halides is 1. The molecule has 0 aliphatic carbocycles. The molecule has 0 aliphatic heterocycles. The van der Waals surface area contributed by atoms with Crippen molar-refractivity contribution in [3.63, 3.8) is 0 Å². The molecule has 0 unspecified atom stereocenters. The van der Waals surface area contributed by atoms with Gasteiger partial charge in [-0.2, -0.15) is 5.26 Å². The summed E-state index contributed by atoms with van der Waals surface area (Å²) in [5.74, 6) is -1.04. The summed E-state index contributed by atoms with van der Waals surface area (Å²) in [4.78, 5) is 15.7. The van der Waals surface area contributed by atoms with E-state index in [1.807, 2.05) is 6.07 Å². The number of nitriles is 1. The van der Waals surface area contributed by atoms with E-state index in [1.54, 1.807) is 0 Å². The minimum Gasteiger partial charge on any atom is -0.321 e. The van der Waals surface area contributed by atoms with Crippen molar-refractivity contribution in [2.75, 3.05) is 5.32 Å². The van der Waals surface area contributed by atoms with Gasteiger partial charge >= 0.3 is 0 Å². The molecule has 6 heteroatoms. The van der Waals surface area contributed by atoms with Crippen molar-refractivity contribution in [3.05, 3.63) is 59.2 Å². The summed E-state index contributed by atoms with van der Waals surface area (Å²) >= 11 is 0. The Balaban J connectivity index is 2.25. The molecule has 0 spiro atoms. The van der Waals surface area contributed by atoms with Crippen molar-refractivity contribution in [1.82, 2.24) is 4.98 Å². The molecule has 0 radical (unpaired) electrons. The molecular weight excluding hydrogens is 264 g/mol. The molecule has 1 aromatic heterocycles. The van der Waals surface area contributed by atoms with Gasteiger partial charge in [-0.15, -0.1) is 0 Å². The van der Waals surface area contributed by atoms with Crippen molar-refractivity contribution in [3.8, 4) is 6.07 Å². The molecule has 20 heavy (non-hydrogen) atoms. The van der Waals surface area contributed by atoms with Gasteiger partial charge in [-0.1, -0.05) is 0 Å². The zero-order valence-electron chi connectivity index (χ0n) is 10.2. The van der Waals surface area contributed by atoms with E-state index in [0.717, 1.165) is 0 Å². The van der Waals surface area contributed by atoms with Crippen LogP contribution in [0.1, 0.15) is 21.6 Å². The van der Waals surface area contributed by atoms with Crippen LogP contribution >= 0.6 is 0 Å². The van der Waals surface area contributed by atoms with E-state index in [2.05, 4.69) is 10.3 Å². The lowest BCUT2D eigenvalue weighted by Crippen LogP contribution is -2.16. The Labute approximate surface area is 113 Å². The van der Waals surface area contributed by atoms with E-state index in [9.17, 15) is 13.6 Å². The molecule has 1 amide bonds. The maximum atomic E-state index is 12.9. The maximum Gasteiger partial charge on any atom is 0.274 e. The summed E-state index contributed by atoms with van der Waals surface area (Å²) in [5.41, 5.74) is 0.475. The number of carbonyl (C=O) groups excluding carboxylic acids is 1. The number of carbonyl (C=O) groups is 1. The summed E-state index contributed by atoms with van der Waals surface area (Å²) in [5, 5.41) is 11.2. The van der Waals surface area contributed by atoms with Crippen LogP contribution in [0.2, 0.25) is 0 Å². The summed E-state index contributed by atoms with van der Waals surface area (Å²) in [6, 6.07) is 8.24. The number of rotatable bonds is 3. The fraction of sp³-hybridized carbons (Fsp3) is 0.0714. The number of benzene rings is 1. The predicted octanol–water partition coefficient (Wildman–Crippen LogP) is 2.81. The summed E-state index contributed by atoms with van der Waals surface area (Å²) in [7, 11) is 0. The number of pyridine rings is 1. The zero-order valence-corrected chi connectivity index (χ0v) is 10.2. The quantitative estimate of drug-likeness (QED) is 0.935. The average molecular weight is 273 g/mol. The van der Waals surface area contributed by atoms with Crippen LogP contribution in [0.15, 0.2) is 36.5 Å². The summed E-state index contributed by atoms with van der Waals surface area (Å²) < 4.78 is 25.6. The first kappa shape index (κ1) is 13.6. The van der Waals surface area contributed by atoms with Crippen molar-refractivity contribution in [2.45, 2.75) is 6.67 Å². The van der Waals surface area contributed by atoms with E-state index in [0.29, 0.717) is 5.69 Å². The lowest BCUT2D eigenvalue weighted by molar-refractivity contribution is 0.102. The highest BCUT2D eigenvalue weighted by Gasteiger charge is 2.14. The van der Waals surface area contributed by atoms with E-state index in [-0.39, 0.29) is 16.8 Å². The number of hydrogen-bond acceptors (Lipinski definition) is 3.